The van der Waals surface area contributed by atoms with Crippen LogP contribution in [0, 0.1) is 10.1 Å². The van der Waals surface area contributed by atoms with E-state index in [1.54, 1.807) is 17.0 Å². The number of amides is 1. The summed E-state index contributed by atoms with van der Waals surface area (Å²) in [5.74, 6) is 1.21. The molecule has 2 aromatic rings. The van der Waals surface area contributed by atoms with E-state index in [4.69, 9.17) is 14.2 Å². The summed E-state index contributed by atoms with van der Waals surface area (Å²) >= 11 is 0. The van der Waals surface area contributed by atoms with E-state index in [0.717, 1.165) is 42.7 Å². The number of ether oxygens (including phenoxy) is 3. The molecule has 3 aliphatic heterocycles. The molecule has 9 nitrogen and oxygen atoms in total. The zero-order valence-corrected chi connectivity index (χ0v) is 18.4. The molecular formula is C24H27N3O6. The number of carbonyl (C=O) groups excluding carboxylic acids is 1. The zero-order valence-electron chi connectivity index (χ0n) is 18.4. The van der Waals surface area contributed by atoms with Gasteiger partial charge in [0.2, 0.25) is 6.79 Å². The van der Waals surface area contributed by atoms with Crippen molar-refractivity contribution in [2.75, 3.05) is 45.0 Å². The highest BCUT2D eigenvalue weighted by molar-refractivity contribution is 5.99. The zero-order chi connectivity index (χ0) is 22.8. The lowest BCUT2D eigenvalue weighted by molar-refractivity contribution is -0.385. The third-order valence-corrected chi connectivity index (χ3v) is 6.88. The van der Waals surface area contributed by atoms with E-state index in [0.29, 0.717) is 38.5 Å². The minimum Gasteiger partial charge on any atom is -0.454 e. The first-order valence-electron chi connectivity index (χ1n) is 11.4. The lowest BCUT2D eigenvalue weighted by atomic mass is 9.74. The molecule has 3 aliphatic rings. The maximum atomic E-state index is 13.0. The van der Waals surface area contributed by atoms with Gasteiger partial charge in [0.05, 0.1) is 4.92 Å². The minimum absolute atomic E-state index is 0.135. The van der Waals surface area contributed by atoms with Crippen LogP contribution in [0.3, 0.4) is 0 Å². The average molecular weight is 453 g/mol. The average Bonchev–Trinajstić information content (AvgIpc) is 3.54. The lowest BCUT2D eigenvalue weighted by Crippen LogP contribution is -2.40. The molecule has 174 valence electrons. The summed E-state index contributed by atoms with van der Waals surface area (Å²) in [7, 11) is 0. The molecule has 0 saturated carbocycles. The number of anilines is 1. The van der Waals surface area contributed by atoms with Gasteiger partial charge in [-0.15, -0.1) is 0 Å². The topological polar surface area (TPSA) is 103 Å². The van der Waals surface area contributed by atoms with Crippen molar-refractivity contribution in [1.82, 2.24) is 4.90 Å². The number of nitrogens with one attached hydrogen (secondary N) is 1. The van der Waals surface area contributed by atoms with Crippen molar-refractivity contribution >= 4 is 17.3 Å². The molecule has 2 saturated heterocycles. The van der Waals surface area contributed by atoms with Crippen molar-refractivity contribution in [1.29, 1.82) is 0 Å². The molecular weight excluding hydrogens is 426 g/mol. The Labute approximate surface area is 191 Å². The van der Waals surface area contributed by atoms with Gasteiger partial charge in [-0.05, 0) is 55.5 Å². The molecule has 1 amide bonds. The number of likely N-dealkylation sites (tertiary alicyclic amines) is 1. The minimum atomic E-state index is -0.486. The highest BCUT2D eigenvalue weighted by Gasteiger charge is 2.36. The molecule has 0 atom stereocenters. The van der Waals surface area contributed by atoms with Crippen LogP contribution in [0.15, 0.2) is 36.4 Å². The van der Waals surface area contributed by atoms with E-state index >= 15 is 0 Å². The van der Waals surface area contributed by atoms with E-state index in [-0.39, 0.29) is 29.4 Å². The summed E-state index contributed by atoms with van der Waals surface area (Å²) < 4.78 is 16.7. The number of nitrogens with zero attached hydrogens (tertiary/aromatic N) is 2. The van der Waals surface area contributed by atoms with Gasteiger partial charge < -0.3 is 24.4 Å². The number of hydrogen-bond donors (Lipinski definition) is 1. The van der Waals surface area contributed by atoms with Crippen LogP contribution in [0.1, 0.15) is 41.6 Å². The molecule has 3 heterocycles. The molecule has 0 aliphatic carbocycles. The quantitative estimate of drug-likeness (QED) is 0.525. The van der Waals surface area contributed by atoms with Gasteiger partial charge in [-0.2, -0.15) is 0 Å². The molecule has 9 heteroatoms. The Morgan fingerprint density at radius 1 is 1.06 bits per heavy atom. The fourth-order valence-corrected chi connectivity index (χ4v) is 4.89. The van der Waals surface area contributed by atoms with Gasteiger partial charge in [0.25, 0.3) is 11.6 Å². The van der Waals surface area contributed by atoms with Crippen LogP contribution in [0.2, 0.25) is 0 Å². The maximum Gasteiger partial charge on any atom is 0.282 e. The first-order chi connectivity index (χ1) is 16.1. The molecule has 0 unspecified atom stereocenters. The van der Waals surface area contributed by atoms with Crippen LogP contribution in [-0.4, -0.2) is 55.4 Å². The first kappa shape index (κ1) is 21.5. The Bertz CT molecular complexity index is 1060. The Morgan fingerprint density at radius 2 is 1.82 bits per heavy atom. The molecule has 0 spiro atoms. The maximum absolute atomic E-state index is 13.0. The number of fused-ring (bicyclic) bond motifs is 1. The molecule has 0 bridgehead atoms. The van der Waals surface area contributed by atoms with E-state index in [1.165, 1.54) is 6.07 Å². The fourth-order valence-electron chi connectivity index (χ4n) is 4.89. The van der Waals surface area contributed by atoms with Crippen LogP contribution < -0.4 is 14.8 Å². The van der Waals surface area contributed by atoms with Crippen LogP contribution >= 0.6 is 0 Å². The van der Waals surface area contributed by atoms with Gasteiger partial charge in [0, 0.05) is 50.0 Å². The second-order valence-corrected chi connectivity index (χ2v) is 8.80. The molecule has 2 fully saturated rings. The Balaban J connectivity index is 1.41. The van der Waals surface area contributed by atoms with Gasteiger partial charge >= 0.3 is 0 Å². The highest BCUT2D eigenvalue weighted by atomic mass is 16.7. The van der Waals surface area contributed by atoms with Crippen molar-refractivity contribution < 1.29 is 23.9 Å². The van der Waals surface area contributed by atoms with E-state index < -0.39 is 4.92 Å². The largest absolute Gasteiger partial charge is 0.454 e. The summed E-state index contributed by atoms with van der Waals surface area (Å²) in [5, 5.41) is 15.0. The van der Waals surface area contributed by atoms with Gasteiger partial charge in [-0.1, -0.05) is 6.07 Å². The molecule has 1 N–H and O–H groups in total. The molecule has 0 aromatic heterocycles. The van der Waals surface area contributed by atoms with E-state index in [1.807, 2.05) is 12.1 Å². The van der Waals surface area contributed by atoms with Crippen molar-refractivity contribution in [2.45, 2.75) is 31.1 Å². The van der Waals surface area contributed by atoms with Crippen molar-refractivity contribution in [2.24, 2.45) is 0 Å². The first-order valence-corrected chi connectivity index (χ1v) is 11.4. The van der Waals surface area contributed by atoms with Gasteiger partial charge in [0.15, 0.2) is 11.5 Å². The summed E-state index contributed by atoms with van der Waals surface area (Å²) in [6.45, 7) is 3.40. The lowest BCUT2D eigenvalue weighted by Gasteiger charge is -2.38. The van der Waals surface area contributed by atoms with Crippen LogP contribution in [0.5, 0.6) is 11.5 Å². The summed E-state index contributed by atoms with van der Waals surface area (Å²) in [6.07, 6.45) is 3.51. The Morgan fingerprint density at radius 3 is 2.58 bits per heavy atom. The molecule has 33 heavy (non-hydrogen) atoms. The van der Waals surface area contributed by atoms with Crippen molar-refractivity contribution in [3.63, 3.8) is 0 Å². The third kappa shape index (κ3) is 4.20. The molecule has 5 rings (SSSR count). The summed E-state index contributed by atoms with van der Waals surface area (Å²) in [5.41, 5.74) is 1.61. The van der Waals surface area contributed by atoms with Crippen molar-refractivity contribution in [3.05, 3.63) is 57.6 Å². The number of nitro benzene ring substituents is 1. The SMILES string of the molecule is O=C(c1cc(NCC2(c3ccc4c(c3)OCO4)CCOCC2)ccc1[N+](=O)[O-])N1CCCC1. The van der Waals surface area contributed by atoms with E-state index in [9.17, 15) is 14.9 Å². The number of nitro groups is 1. The highest BCUT2D eigenvalue weighted by Crippen LogP contribution is 2.41. The normalized spacial score (nSPS) is 18.8. The fraction of sp³-hybridized carbons (Fsp3) is 0.458. The Hall–Kier alpha value is -3.33. The Kier molecular flexibility index (Phi) is 5.80. The summed E-state index contributed by atoms with van der Waals surface area (Å²) in [6, 6.07) is 10.7. The second kappa shape index (κ2) is 8.90. The number of rotatable bonds is 6. The smallest absolute Gasteiger partial charge is 0.282 e. The summed E-state index contributed by atoms with van der Waals surface area (Å²) in [4.78, 5) is 25.7. The number of carbonyl (C=O) groups is 1. The predicted octanol–water partition coefficient (Wildman–Crippen LogP) is 3.72. The second-order valence-electron chi connectivity index (χ2n) is 8.80. The van der Waals surface area contributed by atoms with Gasteiger partial charge in [-0.25, -0.2) is 0 Å². The van der Waals surface area contributed by atoms with Crippen LogP contribution in [0.25, 0.3) is 0 Å². The van der Waals surface area contributed by atoms with E-state index in [2.05, 4.69) is 11.4 Å². The monoisotopic (exact) mass is 453 g/mol. The third-order valence-electron chi connectivity index (χ3n) is 6.88. The standard InChI is InChI=1S/C24H27N3O6/c28-23(26-9-1-2-10-26)19-14-18(4-5-20(19)27(29)30)25-15-24(7-11-31-12-8-24)17-3-6-21-22(13-17)33-16-32-21/h3-6,13-14,25H,1-2,7-12,15-16H2. The van der Waals surface area contributed by atoms with Crippen LogP contribution in [0.4, 0.5) is 11.4 Å². The number of benzene rings is 2. The van der Waals surface area contributed by atoms with Gasteiger partial charge in [0.1, 0.15) is 5.56 Å². The predicted molar refractivity (Wildman–Crippen MR) is 121 cm³/mol. The molecule has 2 aromatic carbocycles. The van der Waals surface area contributed by atoms with Gasteiger partial charge in [-0.3, -0.25) is 14.9 Å². The molecule has 0 radical (unpaired) electrons. The van der Waals surface area contributed by atoms with Crippen molar-refractivity contribution in [3.8, 4) is 11.5 Å². The number of hydrogen-bond acceptors (Lipinski definition) is 7. The van der Waals surface area contributed by atoms with Crippen LogP contribution in [-0.2, 0) is 10.2 Å².